The fourth-order valence-corrected chi connectivity index (χ4v) is 4.49. The van der Waals surface area contributed by atoms with Crippen LogP contribution >= 0.6 is 0 Å². The predicted molar refractivity (Wildman–Crippen MR) is 131 cm³/mol. The number of pyridine rings is 1. The van der Waals surface area contributed by atoms with E-state index in [4.69, 9.17) is 4.98 Å². The molecule has 0 atom stereocenters. The first kappa shape index (κ1) is 20.0. The van der Waals surface area contributed by atoms with Crippen molar-refractivity contribution in [2.45, 2.75) is 0 Å². The molecule has 0 aliphatic rings. The molecule has 9 heteroatoms. The molecule has 34 heavy (non-hydrogen) atoms. The van der Waals surface area contributed by atoms with Crippen molar-refractivity contribution in [2.24, 2.45) is 21.1 Å². The fraction of sp³-hybridized carbons (Fsp3) is 0.120. The van der Waals surface area contributed by atoms with E-state index < -0.39 is 0 Å². The zero-order valence-electron chi connectivity index (χ0n) is 18.9. The van der Waals surface area contributed by atoms with Gasteiger partial charge in [0.1, 0.15) is 5.69 Å². The number of aryl methyl sites for hydroxylation is 3. The maximum atomic E-state index is 12.5. The highest BCUT2D eigenvalue weighted by atomic mass is 16.1. The van der Waals surface area contributed by atoms with Crippen LogP contribution in [0.25, 0.3) is 50.4 Å². The van der Waals surface area contributed by atoms with Crippen molar-refractivity contribution in [3.63, 3.8) is 0 Å². The number of hydrogen-bond donors (Lipinski definition) is 1. The molecular formula is C25H21N7O2. The van der Waals surface area contributed by atoms with Crippen LogP contribution in [0.2, 0.25) is 0 Å². The molecule has 0 amide bonds. The average molecular weight is 451 g/mol. The molecule has 6 aromatic rings. The Kier molecular flexibility index (Phi) is 4.22. The monoisotopic (exact) mass is 451 g/mol. The fourth-order valence-electron chi connectivity index (χ4n) is 4.49. The first-order chi connectivity index (χ1) is 16.4. The number of H-pyrrole nitrogens is 1. The molecule has 9 nitrogen and oxygen atoms in total. The summed E-state index contributed by atoms with van der Waals surface area (Å²) >= 11 is 0. The Labute approximate surface area is 193 Å². The van der Waals surface area contributed by atoms with Crippen LogP contribution in [0.3, 0.4) is 0 Å². The number of nitrogens with zero attached hydrogens (tertiary/aromatic N) is 6. The summed E-state index contributed by atoms with van der Waals surface area (Å²) in [7, 11) is 5.48. The van der Waals surface area contributed by atoms with Gasteiger partial charge in [-0.1, -0.05) is 6.07 Å². The molecular weight excluding hydrogens is 430 g/mol. The van der Waals surface area contributed by atoms with Crippen molar-refractivity contribution in [3.05, 3.63) is 88.1 Å². The number of fused-ring (bicyclic) bond motifs is 2. The average Bonchev–Trinajstić information content (AvgIpc) is 3.50. The molecule has 1 N–H and O–H groups in total. The van der Waals surface area contributed by atoms with Gasteiger partial charge in [0.2, 0.25) is 5.56 Å². The maximum Gasteiger partial charge on any atom is 0.328 e. The summed E-state index contributed by atoms with van der Waals surface area (Å²) in [4.78, 5) is 35.9. The van der Waals surface area contributed by atoms with E-state index in [1.165, 1.54) is 6.07 Å². The van der Waals surface area contributed by atoms with Gasteiger partial charge in [-0.05, 0) is 47.5 Å². The van der Waals surface area contributed by atoms with Crippen LogP contribution in [-0.4, -0.2) is 33.2 Å². The maximum absolute atomic E-state index is 12.5. The number of aromatic amines is 1. The Balaban J connectivity index is 1.63. The molecule has 0 radical (unpaired) electrons. The van der Waals surface area contributed by atoms with Gasteiger partial charge in [-0.2, -0.15) is 0 Å². The Morgan fingerprint density at radius 1 is 0.824 bits per heavy atom. The molecule has 0 aliphatic heterocycles. The van der Waals surface area contributed by atoms with Crippen LogP contribution in [0.4, 0.5) is 0 Å². The van der Waals surface area contributed by atoms with Crippen LogP contribution in [0, 0.1) is 0 Å². The molecule has 4 aromatic heterocycles. The van der Waals surface area contributed by atoms with Gasteiger partial charge in [-0.15, -0.1) is 0 Å². The Bertz CT molecular complexity index is 1820. The summed E-state index contributed by atoms with van der Waals surface area (Å²) in [6.45, 7) is 0. The quantitative estimate of drug-likeness (QED) is 0.448. The minimum atomic E-state index is -0.140. The number of aromatic nitrogens is 7. The minimum Gasteiger partial charge on any atom is -0.331 e. The zero-order chi connectivity index (χ0) is 23.6. The lowest BCUT2D eigenvalue weighted by Crippen LogP contribution is -2.19. The molecule has 0 spiro atoms. The predicted octanol–water partition coefficient (Wildman–Crippen LogP) is 2.97. The van der Waals surface area contributed by atoms with Crippen molar-refractivity contribution in [3.8, 4) is 28.3 Å². The van der Waals surface area contributed by atoms with Gasteiger partial charge in [0.25, 0.3) is 0 Å². The second kappa shape index (κ2) is 7.17. The lowest BCUT2D eigenvalue weighted by molar-refractivity contribution is 0.795. The standard InChI is InChI=1S/C25H21N7O2/c1-29-14-26-13-22(29)24-28-18-10-15(16-5-9-23(33)27-12-16)4-7-19(18)32(24)17-6-8-20-21(11-17)31(3)25(34)30(20)2/h4-14H,1-3H3,(H,27,33). The molecule has 0 saturated heterocycles. The highest BCUT2D eigenvalue weighted by molar-refractivity contribution is 5.88. The van der Waals surface area contributed by atoms with Crippen molar-refractivity contribution in [2.75, 3.05) is 0 Å². The lowest BCUT2D eigenvalue weighted by atomic mass is 10.1. The number of hydrogen-bond acceptors (Lipinski definition) is 4. The molecule has 0 fully saturated rings. The Morgan fingerprint density at radius 2 is 1.59 bits per heavy atom. The van der Waals surface area contributed by atoms with Crippen LogP contribution in [0.15, 0.2) is 76.8 Å². The zero-order valence-corrected chi connectivity index (χ0v) is 18.9. The molecule has 4 heterocycles. The van der Waals surface area contributed by atoms with E-state index in [0.717, 1.165) is 50.4 Å². The van der Waals surface area contributed by atoms with E-state index >= 15 is 0 Å². The minimum absolute atomic E-state index is 0.0694. The number of imidazole rings is 3. The smallest absolute Gasteiger partial charge is 0.328 e. The summed E-state index contributed by atoms with van der Waals surface area (Å²) in [5, 5.41) is 0. The van der Waals surface area contributed by atoms with Gasteiger partial charge in [-0.3, -0.25) is 18.5 Å². The summed E-state index contributed by atoms with van der Waals surface area (Å²) in [6, 6.07) is 15.3. The number of rotatable bonds is 3. The normalized spacial score (nSPS) is 11.6. The van der Waals surface area contributed by atoms with Crippen LogP contribution in [0.1, 0.15) is 0 Å². The largest absolute Gasteiger partial charge is 0.331 e. The third kappa shape index (κ3) is 2.87. The lowest BCUT2D eigenvalue weighted by Gasteiger charge is -2.11. The second-order valence-electron chi connectivity index (χ2n) is 8.38. The Morgan fingerprint density at radius 3 is 2.32 bits per heavy atom. The molecule has 0 aliphatic carbocycles. The second-order valence-corrected chi connectivity index (χ2v) is 8.38. The summed E-state index contributed by atoms with van der Waals surface area (Å²) in [5.41, 5.74) is 6.83. The SMILES string of the molecule is Cn1cncc1-c1nc2cc(-c3ccc(=O)[nH]c3)ccc2n1-c1ccc2c(c1)n(C)c(=O)n2C. The van der Waals surface area contributed by atoms with Gasteiger partial charge < -0.3 is 9.55 Å². The van der Waals surface area contributed by atoms with E-state index in [1.807, 2.05) is 48.0 Å². The van der Waals surface area contributed by atoms with E-state index in [0.29, 0.717) is 0 Å². The van der Waals surface area contributed by atoms with Gasteiger partial charge in [0.15, 0.2) is 5.82 Å². The summed E-state index contributed by atoms with van der Waals surface area (Å²) < 4.78 is 7.30. The van der Waals surface area contributed by atoms with E-state index in [-0.39, 0.29) is 11.2 Å². The molecule has 2 aromatic carbocycles. The molecule has 168 valence electrons. The topological polar surface area (TPSA) is 95.4 Å². The van der Waals surface area contributed by atoms with Crippen LogP contribution in [-0.2, 0) is 21.1 Å². The molecule has 0 bridgehead atoms. The summed E-state index contributed by atoms with van der Waals surface area (Å²) in [5.74, 6) is 0.744. The highest BCUT2D eigenvalue weighted by Crippen LogP contribution is 2.32. The van der Waals surface area contributed by atoms with Gasteiger partial charge in [0.05, 0.1) is 34.6 Å². The van der Waals surface area contributed by atoms with Crippen molar-refractivity contribution >= 4 is 22.1 Å². The van der Waals surface area contributed by atoms with E-state index in [9.17, 15) is 9.59 Å². The molecule has 0 saturated carbocycles. The van der Waals surface area contributed by atoms with Crippen molar-refractivity contribution < 1.29 is 0 Å². The molecule has 0 unspecified atom stereocenters. The van der Waals surface area contributed by atoms with Crippen molar-refractivity contribution in [1.82, 2.24) is 33.2 Å². The summed E-state index contributed by atoms with van der Waals surface area (Å²) in [6.07, 6.45) is 5.23. The van der Waals surface area contributed by atoms with E-state index in [1.54, 1.807) is 48.0 Å². The third-order valence-electron chi connectivity index (χ3n) is 6.33. The number of nitrogens with one attached hydrogen (secondary N) is 1. The van der Waals surface area contributed by atoms with E-state index in [2.05, 4.69) is 14.5 Å². The first-order valence-corrected chi connectivity index (χ1v) is 10.8. The van der Waals surface area contributed by atoms with Crippen LogP contribution in [0.5, 0.6) is 0 Å². The van der Waals surface area contributed by atoms with Crippen LogP contribution < -0.4 is 11.2 Å². The van der Waals surface area contributed by atoms with Crippen molar-refractivity contribution in [1.29, 1.82) is 0 Å². The van der Waals surface area contributed by atoms with Gasteiger partial charge in [-0.25, -0.2) is 14.8 Å². The highest BCUT2D eigenvalue weighted by Gasteiger charge is 2.19. The number of benzene rings is 2. The molecule has 6 rings (SSSR count). The van der Waals surface area contributed by atoms with Gasteiger partial charge in [0, 0.05) is 39.1 Å². The first-order valence-electron chi connectivity index (χ1n) is 10.8. The Hall–Kier alpha value is -4.66. The third-order valence-corrected chi connectivity index (χ3v) is 6.33. The van der Waals surface area contributed by atoms with Gasteiger partial charge >= 0.3 is 5.69 Å².